The van der Waals surface area contributed by atoms with Crippen molar-refractivity contribution in [2.24, 2.45) is 0 Å². The van der Waals surface area contributed by atoms with Crippen LogP contribution >= 0.6 is 0 Å². The molecule has 2 aromatic carbocycles. The summed E-state index contributed by atoms with van der Waals surface area (Å²) in [6.07, 6.45) is 0.700. The van der Waals surface area contributed by atoms with Crippen molar-refractivity contribution in [2.45, 2.75) is 19.9 Å². The van der Waals surface area contributed by atoms with E-state index in [0.29, 0.717) is 25.2 Å². The van der Waals surface area contributed by atoms with Crippen molar-refractivity contribution in [3.05, 3.63) is 77.3 Å². The van der Waals surface area contributed by atoms with Crippen LogP contribution < -0.4 is 5.32 Å². The molecule has 0 spiro atoms. The maximum Gasteiger partial charge on any atom is 0.258 e. The average Bonchev–Trinajstić information content (AvgIpc) is 3.12. The van der Waals surface area contributed by atoms with Crippen LogP contribution in [0, 0.1) is 5.82 Å². The highest BCUT2D eigenvalue weighted by atomic mass is 19.1. The molecule has 28 heavy (non-hydrogen) atoms. The summed E-state index contributed by atoms with van der Waals surface area (Å²) in [5.74, 6) is 0.635. The van der Waals surface area contributed by atoms with Gasteiger partial charge in [0.25, 0.3) is 5.91 Å². The Hall–Kier alpha value is -3.41. The van der Waals surface area contributed by atoms with Gasteiger partial charge in [-0.2, -0.15) is 0 Å². The number of rotatable bonds is 3. The third-order valence-corrected chi connectivity index (χ3v) is 4.86. The molecule has 2 heterocycles. The summed E-state index contributed by atoms with van der Waals surface area (Å²) in [7, 11) is 0. The van der Waals surface area contributed by atoms with E-state index >= 15 is 0 Å². The fourth-order valence-electron chi connectivity index (χ4n) is 3.31. The number of nitrogens with one attached hydrogen (secondary N) is 1. The second kappa shape index (κ2) is 7.31. The normalized spacial score (nSPS) is 13.1. The summed E-state index contributed by atoms with van der Waals surface area (Å²) in [5, 5.41) is 2.69. The number of carbonyl (C=O) groups excluding carboxylic acids is 2. The predicted molar refractivity (Wildman–Crippen MR) is 103 cm³/mol. The van der Waals surface area contributed by atoms with E-state index in [1.54, 1.807) is 36.1 Å². The van der Waals surface area contributed by atoms with E-state index in [9.17, 15) is 14.0 Å². The monoisotopic (exact) mass is 378 g/mol. The summed E-state index contributed by atoms with van der Waals surface area (Å²) in [6.45, 7) is 2.79. The summed E-state index contributed by atoms with van der Waals surface area (Å²) in [6, 6.07) is 15.0. The number of anilines is 1. The Morgan fingerprint density at radius 1 is 1.11 bits per heavy atom. The van der Waals surface area contributed by atoms with Gasteiger partial charge in [0.15, 0.2) is 0 Å². The lowest BCUT2D eigenvalue weighted by Gasteiger charge is -2.24. The average molecular weight is 378 g/mol. The Morgan fingerprint density at radius 3 is 2.57 bits per heavy atom. The zero-order valence-electron chi connectivity index (χ0n) is 15.4. The molecule has 0 saturated heterocycles. The van der Waals surface area contributed by atoms with Crippen molar-refractivity contribution in [1.29, 1.82) is 0 Å². The van der Waals surface area contributed by atoms with Gasteiger partial charge in [-0.3, -0.25) is 9.59 Å². The number of fused-ring (bicyclic) bond motifs is 1. The van der Waals surface area contributed by atoms with Crippen LogP contribution in [0.25, 0.3) is 11.3 Å². The van der Waals surface area contributed by atoms with Crippen LogP contribution in [-0.4, -0.2) is 23.3 Å². The van der Waals surface area contributed by atoms with Crippen molar-refractivity contribution in [1.82, 2.24) is 4.90 Å². The Morgan fingerprint density at radius 2 is 1.86 bits per heavy atom. The first-order valence-corrected chi connectivity index (χ1v) is 9.04. The molecule has 1 aliphatic heterocycles. The molecule has 1 aliphatic rings. The quantitative estimate of drug-likeness (QED) is 0.741. The van der Waals surface area contributed by atoms with Crippen molar-refractivity contribution in [3.8, 4) is 11.3 Å². The minimum absolute atomic E-state index is 0.000289. The van der Waals surface area contributed by atoms with E-state index < -0.39 is 11.7 Å². The highest BCUT2D eigenvalue weighted by Gasteiger charge is 2.22. The summed E-state index contributed by atoms with van der Waals surface area (Å²) in [4.78, 5) is 25.6. The van der Waals surface area contributed by atoms with Crippen LogP contribution in [0.5, 0.6) is 0 Å². The largest absolute Gasteiger partial charge is 0.461 e. The fourth-order valence-corrected chi connectivity index (χ4v) is 3.31. The molecule has 0 fully saturated rings. The smallest absolute Gasteiger partial charge is 0.258 e. The van der Waals surface area contributed by atoms with E-state index in [1.165, 1.54) is 12.1 Å². The minimum atomic E-state index is -0.558. The third-order valence-electron chi connectivity index (χ3n) is 4.86. The number of carbonyl (C=O) groups is 2. The fraction of sp³-hybridized carbons (Fsp3) is 0.182. The Bertz CT molecular complexity index is 1040. The molecule has 142 valence electrons. The van der Waals surface area contributed by atoms with Crippen molar-refractivity contribution >= 4 is 17.5 Å². The lowest BCUT2D eigenvalue weighted by Crippen LogP contribution is -2.33. The predicted octanol–water partition coefficient (Wildman–Crippen LogP) is 4.24. The molecule has 4 rings (SSSR count). The van der Waals surface area contributed by atoms with Gasteiger partial charge >= 0.3 is 0 Å². The molecule has 0 bridgehead atoms. The summed E-state index contributed by atoms with van der Waals surface area (Å²) >= 11 is 0. The van der Waals surface area contributed by atoms with Gasteiger partial charge in [0.1, 0.15) is 17.3 Å². The van der Waals surface area contributed by atoms with E-state index in [-0.39, 0.29) is 11.5 Å². The van der Waals surface area contributed by atoms with Gasteiger partial charge in [-0.1, -0.05) is 12.1 Å². The van der Waals surface area contributed by atoms with Crippen molar-refractivity contribution in [3.63, 3.8) is 0 Å². The molecule has 0 unspecified atom stereocenters. The second-order valence-corrected chi connectivity index (χ2v) is 6.76. The molecule has 2 amide bonds. The molecule has 0 aliphatic carbocycles. The molecule has 0 radical (unpaired) electrons. The molecule has 5 nitrogen and oxygen atoms in total. The molecule has 0 atom stereocenters. The first-order valence-electron chi connectivity index (χ1n) is 9.04. The maximum absolute atomic E-state index is 13.7. The van der Waals surface area contributed by atoms with Crippen LogP contribution in [0.3, 0.4) is 0 Å². The summed E-state index contributed by atoms with van der Waals surface area (Å²) < 4.78 is 19.7. The lowest BCUT2D eigenvalue weighted by atomic mass is 10.1. The number of hydrogen-bond acceptors (Lipinski definition) is 3. The zero-order valence-corrected chi connectivity index (χ0v) is 15.4. The first-order chi connectivity index (χ1) is 13.5. The maximum atomic E-state index is 13.7. The second-order valence-electron chi connectivity index (χ2n) is 6.76. The number of nitrogens with zero attached hydrogens (tertiary/aromatic N) is 1. The molecular weight excluding hydrogens is 359 g/mol. The third kappa shape index (κ3) is 3.53. The van der Waals surface area contributed by atoms with Gasteiger partial charge in [0.05, 0.1) is 5.56 Å². The van der Waals surface area contributed by atoms with Gasteiger partial charge in [0.2, 0.25) is 5.91 Å². The Kier molecular flexibility index (Phi) is 4.69. The number of benzene rings is 2. The zero-order chi connectivity index (χ0) is 19.7. The molecular formula is C22H19FN2O3. The molecule has 1 N–H and O–H groups in total. The van der Waals surface area contributed by atoms with Crippen molar-refractivity contribution in [2.75, 3.05) is 11.9 Å². The van der Waals surface area contributed by atoms with Crippen LogP contribution in [0.4, 0.5) is 10.1 Å². The number of furan rings is 1. The van der Waals surface area contributed by atoms with Gasteiger partial charge in [0, 0.05) is 43.2 Å². The van der Waals surface area contributed by atoms with Crippen LogP contribution in [-0.2, 0) is 17.8 Å². The van der Waals surface area contributed by atoms with Crippen molar-refractivity contribution < 1.29 is 18.4 Å². The summed E-state index contributed by atoms with van der Waals surface area (Å²) in [5.41, 5.74) is 2.46. The van der Waals surface area contributed by atoms with E-state index in [4.69, 9.17) is 4.42 Å². The highest BCUT2D eigenvalue weighted by Crippen LogP contribution is 2.30. The topological polar surface area (TPSA) is 62.6 Å². The Balaban J connectivity index is 1.49. The number of hydrogen-bond donors (Lipinski definition) is 1. The molecule has 1 aromatic heterocycles. The van der Waals surface area contributed by atoms with Crippen LogP contribution in [0.1, 0.15) is 28.6 Å². The standard InChI is InChI=1S/C22H19FN2O3/c1-14(26)25-11-10-20-16(13-25)12-21(28-20)15-6-8-17(9-7-15)24-22(27)18-4-2-3-5-19(18)23/h2-9,12H,10-11,13H2,1H3,(H,24,27). The van der Waals surface area contributed by atoms with Gasteiger partial charge < -0.3 is 14.6 Å². The van der Waals surface area contributed by atoms with E-state index in [1.807, 2.05) is 18.2 Å². The van der Waals surface area contributed by atoms with E-state index in [2.05, 4.69) is 5.32 Å². The lowest BCUT2D eigenvalue weighted by molar-refractivity contribution is -0.129. The van der Waals surface area contributed by atoms with Crippen LogP contribution in [0.2, 0.25) is 0 Å². The number of amides is 2. The molecule has 6 heteroatoms. The van der Waals surface area contributed by atoms with Gasteiger partial charge in [-0.25, -0.2) is 4.39 Å². The first kappa shape index (κ1) is 18.0. The Labute approximate surface area is 161 Å². The van der Waals surface area contributed by atoms with E-state index in [0.717, 1.165) is 22.6 Å². The highest BCUT2D eigenvalue weighted by molar-refractivity contribution is 6.04. The van der Waals surface area contributed by atoms with Gasteiger partial charge in [-0.15, -0.1) is 0 Å². The van der Waals surface area contributed by atoms with Gasteiger partial charge in [-0.05, 0) is 42.5 Å². The molecule has 0 saturated carbocycles. The minimum Gasteiger partial charge on any atom is -0.461 e. The molecule has 3 aromatic rings. The number of halogens is 1. The SMILES string of the molecule is CC(=O)N1CCc2oc(-c3ccc(NC(=O)c4ccccc4F)cc3)cc2C1. The van der Waals surface area contributed by atoms with Crippen LogP contribution in [0.15, 0.2) is 59.0 Å².